The van der Waals surface area contributed by atoms with Crippen LogP contribution < -0.4 is 5.30 Å². The highest BCUT2D eigenvalue weighted by Gasteiger charge is 2.28. The van der Waals surface area contributed by atoms with Gasteiger partial charge in [0.1, 0.15) is 17.0 Å². The topological polar surface area (TPSA) is 123 Å². The van der Waals surface area contributed by atoms with Crippen LogP contribution in [0, 0.1) is 13.8 Å². The molecule has 0 aliphatic carbocycles. The lowest BCUT2D eigenvalue weighted by Crippen LogP contribution is -2.14. The van der Waals surface area contributed by atoms with Crippen LogP contribution in [0.1, 0.15) is 90.7 Å². The number of hydrogen-bond donors (Lipinski definition) is 0. The molecule has 0 saturated carbocycles. The highest BCUT2D eigenvalue weighted by Crippen LogP contribution is 2.53. The van der Waals surface area contributed by atoms with Gasteiger partial charge in [-0.15, -0.1) is 0 Å². The molecule has 10 nitrogen and oxygen atoms in total. The van der Waals surface area contributed by atoms with Crippen LogP contribution in [-0.2, 0) is 27.2 Å². The van der Waals surface area contributed by atoms with Gasteiger partial charge in [-0.05, 0) is 55.5 Å². The van der Waals surface area contributed by atoms with Crippen LogP contribution in [0.15, 0.2) is 29.3 Å². The van der Waals surface area contributed by atoms with Gasteiger partial charge in [0.15, 0.2) is 0 Å². The molecule has 2 aromatic rings. The molecule has 0 spiro atoms. The first-order valence-electron chi connectivity index (χ1n) is 13.7. The fourth-order valence-corrected chi connectivity index (χ4v) is 5.32. The summed E-state index contributed by atoms with van der Waals surface area (Å²) in [6, 6.07) is 0. The van der Waals surface area contributed by atoms with Crippen molar-refractivity contribution in [1.82, 2.24) is 19.9 Å². The largest absolute Gasteiger partial charge is 0.424 e. The summed E-state index contributed by atoms with van der Waals surface area (Å²) in [5.74, 6) is 1.44. The molecule has 40 heavy (non-hydrogen) atoms. The first-order valence-corrected chi connectivity index (χ1v) is 18.5. The summed E-state index contributed by atoms with van der Waals surface area (Å²) >= 11 is 8.74. The van der Waals surface area contributed by atoms with E-state index in [2.05, 4.69) is 49.7 Å². The Balaban J connectivity index is 0.000000624. The number of halogens is 2. The van der Waals surface area contributed by atoms with E-state index >= 15 is 0 Å². The highest BCUT2D eigenvalue weighted by molar-refractivity contribution is 9.10. The lowest BCUT2D eigenvalue weighted by molar-refractivity contribution is 0.208. The Morgan fingerprint density at radius 1 is 0.650 bits per heavy atom. The number of nitrogens with zero attached hydrogens (tertiary/aromatic N) is 4. The molecule has 0 unspecified atom stereocenters. The smallest absolute Gasteiger partial charge is 0.305 e. The summed E-state index contributed by atoms with van der Waals surface area (Å²) in [6.45, 7) is 10.2. The molecule has 14 heteroatoms. The quantitative estimate of drug-likeness (QED) is 0.118. The summed E-state index contributed by atoms with van der Waals surface area (Å²) in [5.41, 5.74) is 0. The summed E-state index contributed by atoms with van der Waals surface area (Å²) in [5, 5.41) is 0.435. The molecule has 0 bridgehead atoms. The maximum atomic E-state index is 12.8. The van der Waals surface area contributed by atoms with Crippen LogP contribution in [0.5, 0.6) is 0 Å². The van der Waals surface area contributed by atoms with Gasteiger partial charge < -0.3 is 9.05 Å². The average Bonchev–Trinajstić information content (AvgIpc) is 2.92. The minimum atomic E-state index is -3.28. The zero-order valence-corrected chi connectivity index (χ0v) is 28.8. The standard InChI is InChI=1S/C13H23N2O3P.C8H18ClO3P.C5H5BrN2/c1-4-6-8-17-19(16,18-9-7-5-2)13-10-14-12(3)15-11-13;1-3-5-7-11-13(9,10)12-8-6-4-2;1-4-7-2-5(6)3-8-4/h10-11H,4-9H2,1-3H3;3-8H2,1-2H3;2-3H,1H3. The number of hydrogen-bond acceptors (Lipinski definition) is 10. The van der Waals surface area contributed by atoms with Crippen molar-refractivity contribution in [3.05, 3.63) is 40.9 Å². The molecule has 0 aliphatic rings. The monoisotopic (exact) mass is 686 g/mol. The molecule has 0 fully saturated rings. The molecule has 0 aliphatic heterocycles. The molecule has 230 valence electrons. The number of aryl methyl sites for hydroxylation is 2. The molecule has 0 N–H and O–H groups in total. The van der Waals surface area contributed by atoms with Gasteiger partial charge in [0.05, 0.1) is 30.9 Å². The van der Waals surface area contributed by atoms with Crippen molar-refractivity contribution in [3.63, 3.8) is 0 Å². The summed E-state index contributed by atoms with van der Waals surface area (Å²) in [6.07, 6.45) is 13.9. The van der Waals surface area contributed by atoms with Gasteiger partial charge in [-0.25, -0.2) is 24.5 Å². The second-order valence-corrected chi connectivity index (χ2v) is 14.2. The second-order valence-electron chi connectivity index (χ2n) is 8.61. The molecule has 0 saturated heterocycles. The van der Waals surface area contributed by atoms with Gasteiger partial charge in [0, 0.05) is 36.0 Å². The molecule has 0 aromatic carbocycles. The molecular formula is C26H46BrClN4O6P2. The molecule has 2 aromatic heterocycles. The second kappa shape index (κ2) is 23.8. The van der Waals surface area contributed by atoms with E-state index in [0.717, 1.165) is 61.7 Å². The first-order chi connectivity index (χ1) is 19.0. The Hall–Kier alpha value is -0.770. The van der Waals surface area contributed by atoms with Gasteiger partial charge in [0.25, 0.3) is 0 Å². The van der Waals surface area contributed by atoms with Crippen LogP contribution >= 0.6 is 41.7 Å². The maximum Gasteiger partial charge on any atom is 0.424 e. The van der Waals surface area contributed by atoms with E-state index in [0.29, 0.717) is 37.6 Å². The number of aromatic nitrogens is 4. The van der Waals surface area contributed by atoms with E-state index in [4.69, 9.17) is 29.3 Å². The molecule has 0 radical (unpaired) electrons. The van der Waals surface area contributed by atoms with E-state index < -0.39 is 14.5 Å². The molecule has 2 heterocycles. The van der Waals surface area contributed by atoms with Gasteiger partial charge in [-0.1, -0.05) is 53.4 Å². The van der Waals surface area contributed by atoms with Gasteiger partial charge in [-0.2, -0.15) is 0 Å². The Bertz CT molecular complexity index is 941. The third-order valence-electron chi connectivity index (χ3n) is 4.84. The van der Waals surface area contributed by atoms with Crippen molar-refractivity contribution in [2.45, 2.75) is 92.9 Å². The predicted molar refractivity (Wildman–Crippen MR) is 165 cm³/mol. The Morgan fingerprint density at radius 2 is 0.975 bits per heavy atom. The third-order valence-corrected chi connectivity index (χ3v) is 8.72. The lowest BCUT2D eigenvalue weighted by Gasteiger charge is -2.18. The van der Waals surface area contributed by atoms with E-state index in [1.54, 1.807) is 19.3 Å². The van der Waals surface area contributed by atoms with E-state index in [9.17, 15) is 9.13 Å². The van der Waals surface area contributed by atoms with Crippen molar-refractivity contribution in [3.8, 4) is 0 Å². The fourth-order valence-electron chi connectivity index (χ4n) is 2.42. The number of rotatable bonds is 17. The minimum Gasteiger partial charge on any atom is -0.305 e. The molecule has 2 rings (SSSR count). The zero-order chi connectivity index (χ0) is 30.3. The van der Waals surface area contributed by atoms with E-state index in [-0.39, 0.29) is 0 Å². The van der Waals surface area contributed by atoms with E-state index in [1.165, 1.54) is 12.4 Å². The Morgan fingerprint density at radius 3 is 1.30 bits per heavy atom. The molecule has 0 amide bonds. The Kier molecular flexibility index (Phi) is 23.3. The summed E-state index contributed by atoms with van der Waals surface area (Å²) in [4.78, 5) is 16.0. The van der Waals surface area contributed by atoms with Crippen molar-refractivity contribution in [2.24, 2.45) is 0 Å². The SMILES string of the molecule is CCCCOP(=O)(Cl)OCCCC.CCCCOP(=O)(OCCCC)c1cnc(C)nc1.Cc1ncc(Br)cn1. The zero-order valence-electron chi connectivity index (χ0n) is 24.7. The van der Waals surface area contributed by atoms with Crippen LogP contribution in [-0.4, -0.2) is 46.4 Å². The maximum absolute atomic E-state index is 12.8. The van der Waals surface area contributed by atoms with Crippen molar-refractivity contribution < 1.29 is 27.2 Å². The molecular weight excluding hydrogens is 642 g/mol. The van der Waals surface area contributed by atoms with Gasteiger partial charge in [0.2, 0.25) is 0 Å². The first kappa shape index (κ1) is 39.2. The number of unbranched alkanes of at least 4 members (excludes halogenated alkanes) is 4. The summed E-state index contributed by atoms with van der Waals surface area (Å²) in [7, 11) is -3.28. The molecule has 0 atom stereocenters. The van der Waals surface area contributed by atoms with Gasteiger partial charge >= 0.3 is 14.5 Å². The van der Waals surface area contributed by atoms with Crippen molar-refractivity contribution in [2.75, 3.05) is 26.4 Å². The van der Waals surface area contributed by atoms with Gasteiger partial charge in [-0.3, -0.25) is 13.6 Å². The fraction of sp³-hybridized carbons (Fsp3) is 0.692. The van der Waals surface area contributed by atoms with Crippen molar-refractivity contribution in [1.29, 1.82) is 0 Å². The minimum absolute atomic E-state index is 0.406. The van der Waals surface area contributed by atoms with E-state index in [1.807, 2.05) is 20.8 Å². The Labute approximate surface area is 253 Å². The van der Waals surface area contributed by atoms with Crippen LogP contribution in [0.2, 0.25) is 0 Å². The average molecular weight is 688 g/mol. The lowest BCUT2D eigenvalue weighted by atomic mass is 10.4. The highest BCUT2D eigenvalue weighted by atomic mass is 79.9. The van der Waals surface area contributed by atoms with Crippen LogP contribution in [0.3, 0.4) is 0 Å². The van der Waals surface area contributed by atoms with Crippen LogP contribution in [0.4, 0.5) is 0 Å². The normalized spacial score (nSPS) is 11.3. The van der Waals surface area contributed by atoms with Crippen molar-refractivity contribution >= 4 is 47.0 Å². The van der Waals surface area contributed by atoms with Crippen LogP contribution in [0.25, 0.3) is 0 Å². The predicted octanol–water partition coefficient (Wildman–Crippen LogP) is 8.75. The third kappa shape index (κ3) is 20.2. The summed E-state index contributed by atoms with van der Waals surface area (Å²) < 4.78 is 45.8.